The monoisotopic (exact) mass is 269 g/mol. The van der Waals surface area contributed by atoms with Crippen molar-refractivity contribution in [2.75, 3.05) is 5.32 Å². The van der Waals surface area contributed by atoms with E-state index in [0.717, 1.165) is 18.7 Å². The Balaban J connectivity index is 1.93. The quantitative estimate of drug-likeness (QED) is 0.824. The lowest BCUT2D eigenvalue weighted by Crippen LogP contribution is -2.05. The highest BCUT2D eigenvalue weighted by atomic mass is 16.5. The zero-order chi connectivity index (χ0) is 14.4. The lowest BCUT2D eigenvalue weighted by atomic mass is 10.1. The molecule has 0 fully saturated rings. The van der Waals surface area contributed by atoms with Crippen molar-refractivity contribution < 1.29 is 4.74 Å². The van der Waals surface area contributed by atoms with Gasteiger partial charge in [0.1, 0.15) is 5.75 Å². The van der Waals surface area contributed by atoms with Crippen LogP contribution in [0.4, 0.5) is 5.69 Å². The van der Waals surface area contributed by atoms with Gasteiger partial charge in [-0.1, -0.05) is 31.2 Å². The van der Waals surface area contributed by atoms with Crippen molar-refractivity contribution in [1.82, 2.24) is 0 Å². The fraction of sp³-hybridized carbons (Fsp3) is 0.333. The van der Waals surface area contributed by atoms with Gasteiger partial charge in [0, 0.05) is 12.2 Å². The molecule has 0 spiro atoms. The first-order chi connectivity index (χ1) is 9.67. The molecule has 0 radical (unpaired) electrons. The molecule has 2 aromatic carbocycles. The van der Waals surface area contributed by atoms with E-state index in [0.29, 0.717) is 0 Å². The van der Waals surface area contributed by atoms with Crippen LogP contribution in [-0.4, -0.2) is 6.10 Å². The zero-order valence-electron chi connectivity index (χ0n) is 12.5. The minimum absolute atomic E-state index is 0.218. The van der Waals surface area contributed by atoms with Crippen LogP contribution in [0.2, 0.25) is 0 Å². The number of rotatable bonds is 6. The molecule has 0 aliphatic heterocycles. The summed E-state index contributed by atoms with van der Waals surface area (Å²) in [4.78, 5) is 0. The van der Waals surface area contributed by atoms with E-state index in [1.165, 1.54) is 16.8 Å². The molecule has 0 heterocycles. The van der Waals surface area contributed by atoms with E-state index in [1.54, 1.807) is 0 Å². The maximum atomic E-state index is 5.64. The summed E-state index contributed by atoms with van der Waals surface area (Å²) in [6, 6.07) is 16.8. The number of nitrogens with one attached hydrogen (secondary N) is 1. The average molecular weight is 269 g/mol. The van der Waals surface area contributed by atoms with Gasteiger partial charge in [0.25, 0.3) is 0 Å². The van der Waals surface area contributed by atoms with Gasteiger partial charge < -0.3 is 10.1 Å². The van der Waals surface area contributed by atoms with Crippen molar-refractivity contribution in [3.63, 3.8) is 0 Å². The fourth-order valence-corrected chi connectivity index (χ4v) is 2.06. The van der Waals surface area contributed by atoms with Gasteiger partial charge in [-0.3, -0.25) is 0 Å². The average Bonchev–Trinajstić information content (AvgIpc) is 2.46. The normalized spacial score (nSPS) is 10.6. The summed E-state index contributed by atoms with van der Waals surface area (Å²) in [6.07, 6.45) is 1.28. The highest BCUT2D eigenvalue weighted by Crippen LogP contribution is 2.16. The van der Waals surface area contributed by atoms with Crippen LogP contribution >= 0.6 is 0 Å². The number of benzene rings is 2. The van der Waals surface area contributed by atoms with Crippen LogP contribution in [0.5, 0.6) is 5.75 Å². The van der Waals surface area contributed by atoms with E-state index in [-0.39, 0.29) is 6.10 Å². The second-order valence-corrected chi connectivity index (χ2v) is 5.22. The van der Waals surface area contributed by atoms with Gasteiger partial charge in [-0.05, 0) is 55.7 Å². The van der Waals surface area contributed by atoms with Crippen molar-refractivity contribution in [3.05, 3.63) is 59.7 Å². The number of hydrogen-bond donors (Lipinski definition) is 1. The summed E-state index contributed by atoms with van der Waals surface area (Å²) in [5, 5.41) is 3.46. The first kappa shape index (κ1) is 14.4. The highest BCUT2D eigenvalue weighted by molar-refractivity contribution is 5.46. The molecular weight excluding hydrogens is 246 g/mol. The largest absolute Gasteiger partial charge is 0.491 e. The van der Waals surface area contributed by atoms with Gasteiger partial charge in [-0.25, -0.2) is 0 Å². The zero-order valence-corrected chi connectivity index (χ0v) is 12.5. The molecule has 0 bridgehead atoms. The summed E-state index contributed by atoms with van der Waals surface area (Å²) in [5.74, 6) is 0.928. The van der Waals surface area contributed by atoms with Gasteiger partial charge in [-0.15, -0.1) is 0 Å². The van der Waals surface area contributed by atoms with Gasteiger partial charge in [0.05, 0.1) is 6.10 Å². The van der Waals surface area contributed by atoms with Crippen molar-refractivity contribution in [2.24, 2.45) is 0 Å². The third kappa shape index (κ3) is 4.30. The molecule has 0 saturated carbocycles. The first-order valence-corrected chi connectivity index (χ1v) is 7.26. The molecular formula is C18H23NO. The topological polar surface area (TPSA) is 21.3 Å². The highest BCUT2D eigenvalue weighted by Gasteiger charge is 1.99. The molecule has 0 atom stereocenters. The predicted molar refractivity (Wildman–Crippen MR) is 85.4 cm³/mol. The summed E-state index contributed by atoms with van der Waals surface area (Å²) < 4.78 is 5.64. The minimum Gasteiger partial charge on any atom is -0.491 e. The Morgan fingerprint density at radius 2 is 1.75 bits per heavy atom. The van der Waals surface area contributed by atoms with E-state index < -0.39 is 0 Å². The molecule has 0 amide bonds. The Labute approximate surface area is 121 Å². The van der Waals surface area contributed by atoms with Crippen LogP contribution in [-0.2, 0) is 13.0 Å². The van der Waals surface area contributed by atoms with Crippen LogP contribution in [0.15, 0.2) is 48.5 Å². The fourth-order valence-electron chi connectivity index (χ4n) is 2.06. The molecule has 0 aromatic heterocycles. The predicted octanol–water partition coefficient (Wildman–Crippen LogP) is 4.65. The SMILES string of the molecule is CCc1cccc(NCc2ccc(OC(C)C)cc2)c1. The number of ether oxygens (including phenoxy) is 1. The standard InChI is InChI=1S/C18H23NO/c1-4-15-6-5-7-17(12-15)19-13-16-8-10-18(11-9-16)20-14(2)3/h5-12,14,19H,4,13H2,1-3H3. The van der Waals surface area contributed by atoms with E-state index in [9.17, 15) is 0 Å². The van der Waals surface area contributed by atoms with Crippen molar-refractivity contribution >= 4 is 5.69 Å². The molecule has 20 heavy (non-hydrogen) atoms. The summed E-state index contributed by atoms with van der Waals surface area (Å²) in [5.41, 5.74) is 3.78. The molecule has 0 unspecified atom stereocenters. The molecule has 0 saturated heterocycles. The molecule has 0 aliphatic carbocycles. The van der Waals surface area contributed by atoms with Crippen LogP contribution in [0.25, 0.3) is 0 Å². The van der Waals surface area contributed by atoms with E-state index in [2.05, 4.69) is 48.6 Å². The third-order valence-corrected chi connectivity index (χ3v) is 3.13. The smallest absolute Gasteiger partial charge is 0.119 e. The molecule has 106 valence electrons. The lowest BCUT2D eigenvalue weighted by Gasteiger charge is -2.11. The molecule has 2 aromatic rings. The Morgan fingerprint density at radius 1 is 1.00 bits per heavy atom. The molecule has 1 N–H and O–H groups in total. The number of anilines is 1. The second-order valence-electron chi connectivity index (χ2n) is 5.22. The molecule has 2 rings (SSSR count). The van der Waals surface area contributed by atoms with Gasteiger partial charge in [0.15, 0.2) is 0 Å². The first-order valence-electron chi connectivity index (χ1n) is 7.26. The molecule has 0 aliphatic rings. The van der Waals surface area contributed by atoms with Crippen LogP contribution < -0.4 is 10.1 Å². The Hall–Kier alpha value is -1.96. The third-order valence-electron chi connectivity index (χ3n) is 3.13. The molecule has 2 nitrogen and oxygen atoms in total. The summed E-state index contributed by atoms with van der Waals surface area (Å²) in [7, 11) is 0. The van der Waals surface area contributed by atoms with E-state index in [4.69, 9.17) is 4.74 Å². The maximum Gasteiger partial charge on any atom is 0.119 e. The van der Waals surface area contributed by atoms with Crippen molar-refractivity contribution in [1.29, 1.82) is 0 Å². The maximum absolute atomic E-state index is 5.64. The van der Waals surface area contributed by atoms with Gasteiger partial charge in [0.2, 0.25) is 0 Å². The van der Waals surface area contributed by atoms with E-state index in [1.807, 2.05) is 26.0 Å². The summed E-state index contributed by atoms with van der Waals surface area (Å²) >= 11 is 0. The Kier molecular flexibility index (Phi) is 5.05. The van der Waals surface area contributed by atoms with Crippen molar-refractivity contribution in [2.45, 2.75) is 39.8 Å². The lowest BCUT2D eigenvalue weighted by molar-refractivity contribution is 0.242. The van der Waals surface area contributed by atoms with Crippen molar-refractivity contribution in [3.8, 4) is 5.75 Å². The summed E-state index contributed by atoms with van der Waals surface area (Å²) in [6.45, 7) is 7.08. The van der Waals surface area contributed by atoms with Gasteiger partial charge >= 0.3 is 0 Å². The van der Waals surface area contributed by atoms with E-state index >= 15 is 0 Å². The second kappa shape index (κ2) is 6.99. The number of aryl methyl sites for hydroxylation is 1. The molecule has 2 heteroatoms. The van der Waals surface area contributed by atoms with Gasteiger partial charge in [-0.2, -0.15) is 0 Å². The Morgan fingerprint density at radius 3 is 2.40 bits per heavy atom. The van der Waals surface area contributed by atoms with Crippen LogP contribution in [0.1, 0.15) is 31.9 Å². The van der Waals surface area contributed by atoms with Crippen LogP contribution in [0.3, 0.4) is 0 Å². The minimum atomic E-state index is 0.218. The van der Waals surface area contributed by atoms with Crippen LogP contribution in [0, 0.1) is 0 Å². The number of hydrogen-bond acceptors (Lipinski definition) is 2. The Bertz CT molecular complexity index is 531.